The molecule has 13 N–H and O–H groups in total. The number of aliphatic hydroxyl groups excluding tert-OH is 13. The Morgan fingerprint density at radius 3 is 2.00 bits per heavy atom. The average molecular weight is 975 g/mol. The van der Waals surface area contributed by atoms with Crippen molar-refractivity contribution >= 4 is 5.97 Å². The van der Waals surface area contributed by atoms with Crippen LogP contribution in [-0.4, -0.2) is 203 Å². The van der Waals surface area contributed by atoms with E-state index in [2.05, 4.69) is 33.8 Å². The van der Waals surface area contributed by atoms with Gasteiger partial charge in [0.05, 0.1) is 43.5 Å². The zero-order valence-electron chi connectivity index (χ0n) is 39.9. The van der Waals surface area contributed by atoms with E-state index < -0.39 is 151 Å². The van der Waals surface area contributed by atoms with Crippen LogP contribution in [0.4, 0.5) is 0 Å². The summed E-state index contributed by atoms with van der Waals surface area (Å²) >= 11 is 0. The fourth-order valence-electron chi connectivity index (χ4n) is 15.4. The molecule has 5 aliphatic carbocycles. The number of hydrogen-bond acceptors (Lipinski definition) is 20. The van der Waals surface area contributed by atoms with Crippen LogP contribution in [0.2, 0.25) is 0 Å². The van der Waals surface area contributed by atoms with Crippen LogP contribution in [0, 0.1) is 56.7 Å². The summed E-state index contributed by atoms with van der Waals surface area (Å²) in [5.41, 5.74) is -2.07. The number of ether oxygens (including phenoxy) is 6. The normalized spacial score (nSPS) is 56.0. The molecule has 0 aromatic rings. The second-order valence-electron chi connectivity index (χ2n) is 22.9. The third-order valence-electron chi connectivity index (χ3n) is 19.7. The molecule has 0 amide bonds. The number of hydrogen-bond donors (Lipinski definition) is 13. The quantitative estimate of drug-likeness (QED) is 0.0827. The van der Waals surface area contributed by atoms with Crippen LogP contribution >= 0.6 is 0 Å². The van der Waals surface area contributed by atoms with Gasteiger partial charge >= 0.3 is 5.97 Å². The van der Waals surface area contributed by atoms with Crippen molar-refractivity contribution in [3.63, 3.8) is 0 Å². The number of aliphatic hydroxyl groups is 13. The first kappa shape index (κ1) is 52.8. The van der Waals surface area contributed by atoms with E-state index in [4.69, 9.17) is 28.4 Å². The molecule has 0 aromatic heterocycles. The number of allylic oxidation sites excluding steroid dienone is 2. The van der Waals surface area contributed by atoms with Gasteiger partial charge in [-0.25, -0.2) is 0 Å². The fraction of sp³-hybridized carbons (Fsp3) is 0.938. The smallest absolute Gasteiger partial charge is 0.315 e. The van der Waals surface area contributed by atoms with E-state index in [9.17, 15) is 66.4 Å². The van der Waals surface area contributed by atoms with Crippen LogP contribution in [-0.2, 0) is 33.2 Å². The van der Waals surface area contributed by atoms with Crippen LogP contribution in [0.1, 0.15) is 92.9 Å². The van der Waals surface area contributed by atoms with Gasteiger partial charge in [0.1, 0.15) is 67.1 Å². The van der Waals surface area contributed by atoms with Crippen molar-refractivity contribution in [2.45, 2.75) is 197 Å². The number of esters is 1. The van der Waals surface area contributed by atoms with E-state index in [1.165, 1.54) is 6.92 Å². The molecule has 390 valence electrons. The van der Waals surface area contributed by atoms with E-state index in [1.807, 2.05) is 6.92 Å². The third-order valence-corrected chi connectivity index (χ3v) is 19.7. The second kappa shape index (κ2) is 19.1. The van der Waals surface area contributed by atoms with E-state index in [1.54, 1.807) is 0 Å². The molecular weight excluding hydrogens is 897 g/mol. The predicted octanol–water partition coefficient (Wildman–Crippen LogP) is -2.06. The van der Waals surface area contributed by atoms with Gasteiger partial charge in [0.25, 0.3) is 0 Å². The molecule has 3 heterocycles. The number of carbonyl (C=O) groups excluding carboxylic acids is 1. The van der Waals surface area contributed by atoms with Crippen molar-refractivity contribution in [3.8, 4) is 0 Å². The Morgan fingerprint density at radius 1 is 0.691 bits per heavy atom. The Bertz CT molecular complexity index is 1840. The van der Waals surface area contributed by atoms with Crippen molar-refractivity contribution in [1.29, 1.82) is 0 Å². The highest BCUT2D eigenvalue weighted by Gasteiger charge is 2.71. The van der Waals surface area contributed by atoms with Crippen LogP contribution in [0.5, 0.6) is 0 Å². The summed E-state index contributed by atoms with van der Waals surface area (Å²) in [7, 11) is 0. The third kappa shape index (κ3) is 7.98. The standard InChI is InChI=1S/C48H78O20/c1-20-22(16-49)9-12-48(14-13-46(5)23(29(20)48)7-8-28-44(3)15-24(52)39(61)45(4,19-51)27(44)10-11-47(28,46)6)43(62)68-42-36(59)33(56)31(54)26(66-42)18-63-40-37(60)34(57)38(25(17-50)65-40)67-41-35(58)32(55)30(53)21(2)64-41/h7,20-22,24-42,49-61H,8-19H2,1-6H3/t20-,21-,22-,24+,25+,26+,27+,28+,29-,30-,31+,32+,33-,34+,35+,36+,37+,38+,39-,40+,41-,42-,44-,45-,46+,47+,48-/m0/s1. The second-order valence-corrected chi connectivity index (χ2v) is 22.9. The summed E-state index contributed by atoms with van der Waals surface area (Å²) in [6.45, 7) is 10.4. The molecule has 8 rings (SSSR count). The van der Waals surface area contributed by atoms with Crippen molar-refractivity contribution in [2.24, 2.45) is 56.7 Å². The van der Waals surface area contributed by atoms with Crippen LogP contribution < -0.4 is 0 Å². The summed E-state index contributed by atoms with van der Waals surface area (Å²) < 4.78 is 34.6. The van der Waals surface area contributed by atoms with E-state index in [-0.39, 0.29) is 42.3 Å². The van der Waals surface area contributed by atoms with Crippen molar-refractivity contribution in [2.75, 3.05) is 26.4 Å². The minimum absolute atomic E-state index is 0.0448. The van der Waals surface area contributed by atoms with Gasteiger partial charge in [-0.05, 0) is 104 Å². The molecule has 3 aliphatic heterocycles. The summed E-state index contributed by atoms with van der Waals surface area (Å²) in [6, 6.07) is 0. The average Bonchev–Trinajstić information content (AvgIpc) is 3.31. The van der Waals surface area contributed by atoms with Gasteiger partial charge in [0, 0.05) is 12.0 Å². The van der Waals surface area contributed by atoms with E-state index in [0.29, 0.717) is 38.5 Å². The molecule has 4 saturated carbocycles. The Morgan fingerprint density at radius 2 is 1.34 bits per heavy atom. The van der Waals surface area contributed by atoms with Gasteiger partial charge in [0.2, 0.25) is 6.29 Å². The van der Waals surface area contributed by atoms with Crippen molar-refractivity contribution in [1.82, 2.24) is 0 Å². The Balaban J connectivity index is 0.994. The van der Waals surface area contributed by atoms with Gasteiger partial charge in [-0.3, -0.25) is 4.79 Å². The van der Waals surface area contributed by atoms with Crippen molar-refractivity contribution < 1.29 is 99.6 Å². The molecule has 27 atom stereocenters. The molecule has 20 heteroatoms. The van der Waals surface area contributed by atoms with E-state index in [0.717, 1.165) is 18.4 Å². The summed E-state index contributed by atoms with van der Waals surface area (Å²) in [5, 5.41) is 140. The first-order valence-corrected chi connectivity index (χ1v) is 24.7. The molecule has 20 nitrogen and oxygen atoms in total. The van der Waals surface area contributed by atoms with Crippen LogP contribution in [0.25, 0.3) is 0 Å². The van der Waals surface area contributed by atoms with Crippen LogP contribution in [0.3, 0.4) is 0 Å². The summed E-state index contributed by atoms with van der Waals surface area (Å²) in [4.78, 5) is 15.0. The minimum Gasteiger partial charge on any atom is -0.432 e. The van der Waals surface area contributed by atoms with Crippen LogP contribution in [0.15, 0.2) is 11.6 Å². The topological polar surface area (TPSA) is 335 Å². The molecule has 0 aromatic carbocycles. The van der Waals surface area contributed by atoms with Gasteiger partial charge in [-0.2, -0.15) is 0 Å². The maximum absolute atomic E-state index is 15.0. The number of rotatable bonds is 10. The molecule has 3 saturated heterocycles. The Kier molecular flexibility index (Phi) is 14.8. The molecule has 0 bridgehead atoms. The monoisotopic (exact) mass is 975 g/mol. The Labute approximate surface area is 396 Å². The lowest BCUT2D eigenvalue weighted by atomic mass is 9.33. The van der Waals surface area contributed by atoms with E-state index >= 15 is 4.79 Å². The SMILES string of the molecule is C[C@H]1[C@H](CO)CC[C@]2(C(=O)O[C@@H]3O[C@H](CO[C@@H]4O[C@H](CO)[C@@H](O[C@@H]5O[C@@H](C)[C@H](O)[C@@H](O)[C@H]5O)[C@H](O)[C@H]4O)[C@@H](O)[C@H](O)[C@H]3O)CC[C@]3(C)C(=CC[C@@H]4[C@@]5(C)C[C@@H](O)[C@H](O)[C@@](C)(CO)[C@@H]5CC[C@]43C)[C@H]12. The van der Waals surface area contributed by atoms with Gasteiger partial charge in [-0.1, -0.05) is 46.3 Å². The lowest BCUT2D eigenvalue weighted by Gasteiger charge is -2.71. The predicted molar refractivity (Wildman–Crippen MR) is 233 cm³/mol. The molecular formula is C48H78O20. The lowest BCUT2D eigenvalue weighted by molar-refractivity contribution is -0.361. The van der Waals surface area contributed by atoms with Crippen molar-refractivity contribution in [3.05, 3.63) is 11.6 Å². The molecule has 0 radical (unpaired) electrons. The maximum atomic E-state index is 15.0. The number of fused-ring (bicyclic) bond motifs is 7. The fourth-order valence-corrected chi connectivity index (χ4v) is 15.4. The highest BCUT2D eigenvalue weighted by atomic mass is 16.8. The molecule has 0 unspecified atom stereocenters. The highest BCUT2D eigenvalue weighted by Crippen LogP contribution is 2.76. The zero-order chi connectivity index (χ0) is 49.8. The first-order valence-electron chi connectivity index (χ1n) is 24.7. The molecule has 68 heavy (non-hydrogen) atoms. The highest BCUT2D eigenvalue weighted by molar-refractivity contribution is 5.79. The first-order chi connectivity index (χ1) is 31.9. The minimum atomic E-state index is -1.90. The van der Waals surface area contributed by atoms with Gasteiger partial charge < -0.3 is 94.8 Å². The Hall–Kier alpha value is -1.51. The lowest BCUT2D eigenvalue weighted by Crippen LogP contribution is -2.68. The maximum Gasteiger partial charge on any atom is 0.315 e. The zero-order valence-corrected chi connectivity index (χ0v) is 39.9. The molecule has 0 spiro atoms. The summed E-state index contributed by atoms with van der Waals surface area (Å²) in [5.74, 6) is -1.33. The van der Waals surface area contributed by atoms with Gasteiger partial charge in [-0.15, -0.1) is 0 Å². The van der Waals surface area contributed by atoms with Gasteiger partial charge in [0.15, 0.2) is 12.6 Å². The number of carbonyl (C=O) groups is 1. The summed E-state index contributed by atoms with van der Waals surface area (Å²) in [6.07, 6.45) is -20.0. The molecule has 7 fully saturated rings. The largest absolute Gasteiger partial charge is 0.432 e. The molecule has 8 aliphatic rings.